The number of ether oxygens (including phenoxy) is 2. The van der Waals surface area contributed by atoms with Gasteiger partial charge in [0.2, 0.25) is 0 Å². The van der Waals surface area contributed by atoms with E-state index >= 15 is 0 Å². The predicted molar refractivity (Wildman–Crippen MR) is 99.0 cm³/mol. The van der Waals surface area contributed by atoms with Crippen LogP contribution in [0.4, 0.5) is 5.69 Å². The molecule has 0 atom stereocenters. The molecule has 0 aliphatic heterocycles. The first-order chi connectivity index (χ1) is 12.6. The van der Waals surface area contributed by atoms with Crippen LogP contribution in [-0.4, -0.2) is 22.3 Å². The Kier molecular flexibility index (Phi) is 6.08. The highest BCUT2D eigenvalue weighted by molar-refractivity contribution is 9.10. The van der Waals surface area contributed by atoms with Gasteiger partial charge in [0.05, 0.1) is 18.1 Å². The Labute approximate surface area is 159 Å². The molecule has 3 aromatic rings. The summed E-state index contributed by atoms with van der Waals surface area (Å²) in [6.07, 6.45) is 3.24. The summed E-state index contributed by atoms with van der Waals surface area (Å²) in [7, 11) is 0. The molecule has 0 aliphatic carbocycles. The Morgan fingerprint density at radius 1 is 1.27 bits per heavy atom. The van der Waals surface area contributed by atoms with Crippen molar-refractivity contribution >= 4 is 27.5 Å². The van der Waals surface area contributed by atoms with Crippen molar-refractivity contribution in [3.8, 4) is 5.75 Å². The minimum Gasteiger partial charge on any atom is -0.486 e. The van der Waals surface area contributed by atoms with Crippen molar-refractivity contribution in [2.45, 2.75) is 20.3 Å². The molecule has 0 saturated carbocycles. The van der Waals surface area contributed by atoms with Crippen LogP contribution in [0.5, 0.6) is 5.75 Å². The summed E-state index contributed by atoms with van der Waals surface area (Å²) in [5, 5.41) is 6.83. The van der Waals surface area contributed by atoms with Gasteiger partial charge in [-0.1, -0.05) is 15.9 Å². The molecule has 3 rings (SSSR count). The van der Waals surface area contributed by atoms with Gasteiger partial charge < -0.3 is 19.2 Å². The van der Waals surface area contributed by atoms with Gasteiger partial charge in [-0.25, -0.2) is 4.68 Å². The van der Waals surface area contributed by atoms with E-state index in [1.54, 1.807) is 29.2 Å². The molecule has 1 amide bonds. The van der Waals surface area contributed by atoms with E-state index in [0.717, 1.165) is 10.2 Å². The number of furan rings is 1. The molecule has 1 aromatic carbocycles. The first-order valence-electron chi connectivity index (χ1n) is 8.02. The average molecular weight is 420 g/mol. The highest BCUT2D eigenvalue weighted by Crippen LogP contribution is 2.18. The Bertz CT molecular complexity index is 857. The number of hydrogen-bond acceptors (Lipinski definition) is 5. The molecule has 2 heterocycles. The molecule has 0 fully saturated rings. The smallest absolute Gasteiger partial charge is 0.291 e. The minimum atomic E-state index is -0.351. The maximum Gasteiger partial charge on any atom is 0.291 e. The largest absolute Gasteiger partial charge is 0.486 e. The standard InChI is InChI=1S/C18H18BrN3O4/c1-2-24-12-22-10-14(9-20-22)21-18(23)17-8-7-16(26-17)11-25-15-5-3-13(19)4-6-15/h3-10H,2,11-12H2,1H3,(H,21,23). The highest BCUT2D eigenvalue weighted by Gasteiger charge is 2.13. The second-order valence-electron chi connectivity index (χ2n) is 5.35. The van der Waals surface area contributed by atoms with Crippen LogP contribution in [0, 0.1) is 0 Å². The van der Waals surface area contributed by atoms with Crippen LogP contribution in [0.25, 0.3) is 0 Å². The van der Waals surface area contributed by atoms with Crippen molar-refractivity contribution in [2.75, 3.05) is 11.9 Å². The monoisotopic (exact) mass is 419 g/mol. The lowest BCUT2D eigenvalue weighted by Gasteiger charge is -2.04. The molecule has 136 valence electrons. The first-order valence-corrected chi connectivity index (χ1v) is 8.82. The van der Waals surface area contributed by atoms with Gasteiger partial charge in [0, 0.05) is 11.1 Å². The second-order valence-corrected chi connectivity index (χ2v) is 6.27. The van der Waals surface area contributed by atoms with E-state index in [2.05, 4.69) is 26.3 Å². The average Bonchev–Trinajstić information content (AvgIpc) is 3.29. The molecule has 0 spiro atoms. The molecular weight excluding hydrogens is 402 g/mol. The minimum absolute atomic E-state index is 0.206. The van der Waals surface area contributed by atoms with E-state index in [4.69, 9.17) is 13.9 Å². The van der Waals surface area contributed by atoms with E-state index in [1.807, 2.05) is 31.2 Å². The van der Waals surface area contributed by atoms with Crippen molar-refractivity contribution in [3.05, 3.63) is 64.8 Å². The quantitative estimate of drug-likeness (QED) is 0.595. The van der Waals surface area contributed by atoms with Gasteiger partial charge in [-0.3, -0.25) is 4.79 Å². The Morgan fingerprint density at radius 3 is 2.85 bits per heavy atom. The van der Waals surface area contributed by atoms with Gasteiger partial charge >= 0.3 is 0 Å². The van der Waals surface area contributed by atoms with E-state index in [9.17, 15) is 4.79 Å². The lowest BCUT2D eigenvalue weighted by molar-refractivity contribution is 0.0792. The number of hydrogen-bond donors (Lipinski definition) is 1. The van der Waals surface area contributed by atoms with Gasteiger partial charge in [0.25, 0.3) is 5.91 Å². The number of aromatic nitrogens is 2. The number of rotatable bonds is 8. The molecule has 2 aromatic heterocycles. The van der Waals surface area contributed by atoms with E-state index in [1.165, 1.54) is 0 Å². The second kappa shape index (κ2) is 8.68. The third-order valence-corrected chi connectivity index (χ3v) is 3.93. The fourth-order valence-electron chi connectivity index (χ4n) is 2.14. The molecule has 1 N–H and O–H groups in total. The highest BCUT2D eigenvalue weighted by atomic mass is 79.9. The lowest BCUT2D eigenvalue weighted by Crippen LogP contribution is -2.10. The van der Waals surface area contributed by atoms with Gasteiger partial charge in [-0.15, -0.1) is 0 Å². The molecule has 0 saturated heterocycles. The summed E-state index contributed by atoms with van der Waals surface area (Å²) in [4.78, 5) is 12.2. The molecule has 7 nitrogen and oxygen atoms in total. The van der Waals surface area contributed by atoms with Gasteiger partial charge in [-0.05, 0) is 43.3 Å². The molecule has 0 radical (unpaired) electrons. The van der Waals surface area contributed by atoms with Gasteiger partial charge in [0.1, 0.15) is 24.8 Å². The zero-order valence-electron chi connectivity index (χ0n) is 14.1. The maximum absolute atomic E-state index is 12.2. The Balaban J connectivity index is 1.54. The van der Waals surface area contributed by atoms with E-state index in [-0.39, 0.29) is 18.3 Å². The van der Waals surface area contributed by atoms with Crippen LogP contribution in [0.1, 0.15) is 23.2 Å². The number of nitrogens with one attached hydrogen (secondary N) is 1. The maximum atomic E-state index is 12.2. The zero-order chi connectivity index (χ0) is 18.4. The number of amides is 1. The number of carbonyl (C=O) groups excluding carboxylic acids is 1. The zero-order valence-corrected chi connectivity index (χ0v) is 15.7. The van der Waals surface area contributed by atoms with Crippen LogP contribution in [0.3, 0.4) is 0 Å². The molecule has 0 unspecified atom stereocenters. The lowest BCUT2D eigenvalue weighted by atomic mass is 10.3. The molecule has 26 heavy (non-hydrogen) atoms. The van der Waals surface area contributed by atoms with Gasteiger partial charge in [0.15, 0.2) is 5.76 Å². The molecule has 0 aliphatic rings. The molecular formula is C18H18BrN3O4. The number of carbonyl (C=O) groups is 1. The normalized spacial score (nSPS) is 10.7. The van der Waals surface area contributed by atoms with Crippen molar-refractivity contribution in [1.29, 1.82) is 0 Å². The van der Waals surface area contributed by atoms with Crippen molar-refractivity contribution < 1.29 is 18.7 Å². The van der Waals surface area contributed by atoms with Crippen molar-refractivity contribution in [2.24, 2.45) is 0 Å². The number of anilines is 1. The number of nitrogens with zero attached hydrogens (tertiary/aromatic N) is 2. The van der Waals surface area contributed by atoms with E-state index in [0.29, 0.717) is 24.8 Å². The topological polar surface area (TPSA) is 78.5 Å². The van der Waals surface area contributed by atoms with Gasteiger partial charge in [-0.2, -0.15) is 5.10 Å². The predicted octanol–water partition coefficient (Wildman–Crippen LogP) is 4.06. The third-order valence-electron chi connectivity index (χ3n) is 3.40. The Morgan fingerprint density at radius 2 is 2.08 bits per heavy atom. The third kappa shape index (κ3) is 4.96. The van der Waals surface area contributed by atoms with Crippen molar-refractivity contribution in [1.82, 2.24) is 9.78 Å². The summed E-state index contributed by atoms with van der Waals surface area (Å²) in [6.45, 7) is 3.08. The molecule has 0 bridgehead atoms. The number of halogens is 1. The number of benzene rings is 1. The van der Waals surface area contributed by atoms with Crippen LogP contribution in [0.2, 0.25) is 0 Å². The van der Waals surface area contributed by atoms with Crippen LogP contribution in [-0.2, 0) is 18.1 Å². The van der Waals surface area contributed by atoms with Crippen LogP contribution >= 0.6 is 15.9 Å². The fourth-order valence-corrected chi connectivity index (χ4v) is 2.40. The van der Waals surface area contributed by atoms with E-state index < -0.39 is 0 Å². The van der Waals surface area contributed by atoms with Crippen LogP contribution in [0.15, 0.2) is 57.7 Å². The fraction of sp³-hybridized carbons (Fsp3) is 0.222. The summed E-state index contributed by atoms with van der Waals surface area (Å²) in [5.41, 5.74) is 0.568. The SMILES string of the molecule is CCOCn1cc(NC(=O)c2ccc(COc3ccc(Br)cc3)o2)cn1. The first kappa shape index (κ1) is 18.2. The summed E-state index contributed by atoms with van der Waals surface area (Å²) >= 11 is 3.37. The summed E-state index contributed by atoms with van der Waals surface area (Å²) in [6, 6.07) is 10.8. The Hall–Kier alpha value is -2.58. The summed E-state index contributed by atoms with van der Waals surface area (Å²) in [5.74, 6) is 1.13. The van der Waals surface area contributed by atoms with Crippen LogP contribution < -0.4 is 10.1 Å². The van der Waals surface area contributed by atoms with Crippen molar-refractivity contribution in [3.63, 3.8) is 0 Å². The molecule has 8 heteroatoms. The summed E-state index contributed by atoms with van der Waals surface area (Å²) < 4.78 is 19.0.